The molecule has 8 heteroatoms. The summed E-state index contributed by atoms with van der Waals surface area (Å²) in [5.41, 5.74) is 12.0. The van der Waals surface area contributed by atoms with Crippen LogP contribution in [0.5, 0.6) is 0 Å². The standard InChI is InChI=1S/C34H50FN3O4/c1-23-29-15-16-31-34(29,42-31)33(23,19-18-27-21-28(35)14-12-26(27)13-17-32(39)40-3)38-41-22-30(36)24(2)37-20-8-7-11-25-9-5-4-6-10-25/h12-14,17,22-23,25,28-29,31,37-38H,2,4-11,15-16,18-21,36H2,1,3H3/b17-13+,30-22-. The van der Waals surface area contributed by atoms with E-state index < -0.39 is 17.7 Å². The third kappa shape index (κ3) is 6.21. The van der Waals surface area contributed by atoms with Crippen LogP contribution in [0.15, 0.2) is 59.7 Å². The largest absolute Gasteiger partial charge is 0.466 e. The second-order valence-electron chi connectivity index (χ2n) is 13.0. The Labute approximate surface area is 250 Å². The Bertz CT molecular complexity index is 1130. The number of alkyl halides is 1. The molecule has 0 aromatic rings. The van der Waals surface area contributed by atoms with Gasteiger partial charge in [0.25, 0.3) is 0 Å². The van der Waals surface area contributed by atoms with Gasteiger partial charge in [-0.15, -0.1) is 5.48 Å². The number of ether oxygens (including phenoxy) is 2. The maximum absolute atomic E-state index is 14.4. The van der Waals surface area contributed by atoms with Crippen LogP contribution in [-0.4, -0.2) is 43.0 Å². The number of halogens is 1. The van der Waals surface area contributed by atoms with Crippen molar-refractivity contribution < 1.29 is 23.5 Å². The van der Waals surface area contributed by atoms with Crippen molar-refractivity contribution in [3.63, 3.8) is 0 Å². The van der Waals surface area contributed by atoms with Gasteiger partial charge in [-0.2, -0.15) is 0 Å². The summed E-state index contributed by atoms with van der Waals surface area (Å²) in [6.07, 6.45) is 21.7. The van der Waals surface area contributed by atoms with Crippen molar-refractivity contribution in [2.75, 3.05) is 13.7 Å². The molecule has 0 radical (unpaired) electrons. The molecular formula is C34H50FN3O4. The van der Waals surface area contributed by atoms with Crippen LogP contribution in [0.1, 0.15) is 90.4 Å². The number of hydrogen-bond donors (Lipinski definition) is 3. The number of unbranched alkanes of at least 4 members (excludes halogenated alkanes) is 1. The topological polar surface area (TPSA) is 98.1 Å². The van der Waals surface area contributed by atoms with Crippen LogP contribution in [0.25, 0.3) is 0 Å². The van der Waals surface area contributed by atoms with E-state index in [0.29, 0.717) is 36.1 Å². The Hall–Kier alpha value is -2.58. The van der Waals surface area contributed by atoms with E-state index in [1.807, 2.05) is 0 Å². The van der Waals surface area contributed by atoms with Gasteiger partial charge in [0.05, 0.1) is 30.1 Å². The van der Waals surface area contributed by atoms with Gasteiger partial charge in [-0.25, -0.2) is 9.18 Å². The molecule has 4 N–H and O–H groups in total. The number of rotatable bonds is 15. The molecule has 6 atom stereocenters. The summed E-state index contributed by atoms with van der Waals surface area (Å²) in [6, 6.07) is 0. The lowest BCUT2D eigenvalue weighted by Gasteiger charge is -2.58. The van der Waals surface area contributed by atoms with E-state index in [1.165, 1.54) is 64.4 Å². The van der Waals surface area contributed by atoms with Crippen molar-refractivity contribution in [3.05, 3.63) is 59.7 Å². The average Bonchev–Trinajstić information content (AvgIpc) is 3.66. The summed E-state index contributed by atoms with van der Waals surface area (Å²) in [5.74, 6) is 1.28. The first-order chi connectivity index (χ1) is 20.3. The van der Waals surface area contributed by atoms with Crippen LogP contribution < -0.4 is 16.5 Å². The highest BCUT2D eigenvalue weighted by atomic mass is 19.1. The lowest BCUT2D eigenvalue weighted by Crippen LogP contribution is -2.74. The van der Waals surface area contributed by atoms with E-state index in [2.05, 4.69) is 24.3 Å². The van der Waals surface area contributed by atoms with E-state index in [-0.39, 0.29) is 11.7 Å². The number of carbonyl (C=O) groups is 1. The zero-order chi connectivity index (χ0) is 29.7. The Morgan fingerprint density at radius 2 is 2.05 bits per heavy atom. The maximum atomic E-state index is 14.4. The van der Waals surface area contributed by atoms with Gasteiger partial charge in [-0.1, -0.05) is 70.1 Å². The number of epoxide rings is 1. The molecule has 1 saturated heterocycles. The minimum Gasteiger partial charge on any atom is -0.466 e. The third-order valence-corrected chi connectivity index (χ3v) is 10.8. The highest BCUT2D eigenvalue weighted by Gasteiger charge is 2.85. The molecule has 0 aromatic carbocycles. The number of nitrogens with two attached hydrogens (primary N) is 1. The number of carbonyl (C=O) groups excluding carboxylic acids is 1. The van der Waals surface area contributed by atoms with Crippen LogP contribution in [0.3, 0.4) is 0 Å². The first-order valence-electron chi connectivity index (χ1n) is 16.1. The molecule has 1 aliphatic heterocycles. The molecule has 3 saturated carbocycles. The van der Waals surface area contributed by atoms with Gasteiger partial charge in [-0.3, -0.25) is 0 Å². The van der Waals surface area contributed by atoms with Crippen LogP contribution in [-0.2, 0) is 19.1 Å². The van der Waals surface area contributed by atoms with Gasteiger partial charge in [0.1, 0.15) is 18.0 Å². The molecular weight excluding hydrogens is 533 g/mol. The normalized spacial score (nSPS) is 34.1. The van der Waals surface area contributed by atoms with Gasteiger partial charge < -0.3 is 25.4 Å². The van der Waals surface area contributed by atoms with Gasteiger partial charge in [0.2, 0.25) is 0 Å². The Morgan fingerprint density at radius 1 is 1.24 bits per heavy atom. The quantitative estimate of drug-likeness (QED) is 0.0402. The van der Waals surface area contributed by atoms with Gasteiger partial charge >= 0.3 is 5.97 Å². The van der Waals surface area contributed by atoms with Gasteiger partial charge in [0, 0.05) is 19.0 Å². The van der Waals surface area contributed by atoms with Crippen LogP contribution in [0.2, 0.25) is 0 Å². The van der Waals surface area contributed by atoms with Crippen molar-refractivity contribution in [1.29, 1.82) is 0 Å². The maximum Gasteiger partial charge on any atom is 0.330 e. The average molecular weight is 584 g/mol. The molecule has 4 aliphatic carbocycles. The zero-order valence-electron chi connectivity index (χ0n) is 25.5. The van der Waals surface area contributed by atoms with E-state index in [0.717, 1.165) is 49.3 Å². The van der Waals surface area contributed by atoms with Crippen molar-refractivity contribution in [1.82, 2.24) is 10.8 Å². The highest BCUT2D eigenvalue weighted by molar-refractivity contribution is 5.82. The Morgan fingerprint density at radius 3 is 2.81 bits per heavy atom. The fourth-order valence-electron chi connectivity index (χ4n) is 8.33. The molecule has 1 spiro atoms. The fourth-order valence-corrected chi connectivity index (χ4v) is 8.33. The summed E-state index contributed by atoms with van der Waals surface area (Å²) in [7, 11) is 1.35. The van der Waals surface area contributed by atoms with Crippen molar-refractivity contribution in [3.8, 4) is 0 Å². The van der Waals surface area contributed by atoms with E-state index in [4.69, 9.17) is 20.0 Å². The molecule has 0 bridgehead atoms. The molecule has 1 heterocycles. The lowest BCUT2D eigenvalue weighted by atomic mass is 9.51. The third-order valence-electron chi connectivity index (χ3n) is 10.8. The lowest BCUT2D eigenvalue weighted by molar-refractivity contribution is -0.152. The van der Waals surface area contributed by atoms with Gasteiger partial charge in [-0.05, 0) is 67.6 Å². The summed E-state index contributed by atoms with van der Waals surface area (Å²) >= 11 is 0. The molecule has 0 aromatic heterocycles. The molecule has 6 unspecified atom stereocenters. The molecule has 7 nitrogen and oxygen atoms in total. The van der Waals surface area contributed by atoms with Crippen LogP contribution in [0, 0.1) is 17.8 Å². The van der Waals surface area contributed by atoms with E-state index >= 15 is 0 Å². The van der Waals surface area contributed by atoms with Crippen LogP contribution >= 0.6 is 0 Å². The van der Waals surface area contributed by atoms with E-state index in [1.54, 1.807) is 18.2 Å². The van der Waals surface area contributed by atoms with Crippen LogP contribution in [0.4, 0.5) is 4.39 Å². The molecule has 5 rings (SSSR count). The first kappa shape index (κ1) is 30.9. The number of hydroxylamine groups is 1. The second kappa shape index (κ2) is 13.4. The molecule has 232 valence electrons. The minimum atomic E-state index is -1.04. The molecule has 4 fully saturated rings. The van der Waals surface area contributed by atoms with E-state index in [9.17, 15) is 9.18 Å². The number of methoxy groups -OCH3 is 1. The SMILES string of the molecule is C=C(NCCCCC1CCCCC1)/C(N)=C/ONC1(CCC2=C(/C=C/C(=O)OC)C=CC(F)C2)C(C)C2CCC3OC321. The monoisotopic (exact) mass is 583 g/mol. The molecule has 0 amide bonds. The highest BCUT2D eigenvalue weighted by Crippen LogP contribution is 2.73. The summed E-state index contributed by atoms with van der Waals surface area (Å²) in [6.45, 7) is 7.21. The fraction of sp³-hybridized carbons (Fsp3) is 0.676. The minimum absolute atomic E-state index is 0.231. The summed E-state index contributed by atoms with van der Waals surface area (Å²) in [5, 5.41) is 3.35. The molecule has 5 aliphatic rings. The zero-order valence-corrected chi connectivity index (χ0v) is 25.5. The Kier molecular flexibility index (Phi) is 9.83. The smallest absolute Gasteiger partial charge is 0.330 e. The number of allylic oxidation sites excluding steroid dienone is 5. The predicted molar refractivity (Wildman–Crippen MR) is 162 cm³/mol. The predicted octanol–water partition coefficient (Wildman–Crippen LogP) is 6.20. The molecule has 42 heavy (non-hydrogen) atoms. The van der Waals surface area contributed by atoms with Crippen molar-refractivity contribution >= 4 is 5.97 Å². The van der Waals surface area contributed by atoms with Gasteiger partial charge in [0.15, 0.2) is 0 Å². The van der Waals surface area contributed by atoms with Crippen molar-refractivity contribution in [2.45, 2.75) is 114 Å². The first-order valence-corrected chi connectivity index (χ1v) is 16.1. The number of nitrogens with one attached hydrogen (secondary N) is 2. The Balaban J connectivity index is 1.17. The summed E-state index contributed by atoms with van der Waals surface area (Å²) in [4.78, 5) is 17.7. The van der Waals surface area contributed by atoms with Crippen molar-refractivity contribution in [2.24, 2.45) is 23.5 Å². The number of hydrogen-bond acceptors (Lipinski definition) is 7. The summed E-state index contributed by atoms with van der Waals surface area (Å²) < 4.78 is 25.5. The number of esters is 1. The second-order valence-corrected chi connectivity index (χ2v) is 13.0.